The Bertz CT molecular complexity index is 1470. The van der Waals surface area contributed by atoms with Gasteiger partial charge < -0.3 is 10.1 Å². The zero-order chi connectivity index (χ0) is 23.7. The van der Waals surface area contributed by atoms with Crippen molar-refractivity contribution in [3.63, 3.8) is 0 Å². The largest absolute Gasteiger partial charge is 0.494 e. The molecule has 3 aromatic heterocycles. The minimum atomic E-state index is -0.272. The van der Waals surface area contributed by atoms with Crippen LogP contribution in [0.1, 0.15) is 23.0 Å². The molecule has 0 unspecified atom stereocenters. The highest BCUT2D eigenvalue weighted by Gasteiger charge is 2.18. The predicted molar refractivity (Wildman–Crippen MR) is 129 cm³/mol. The van der Waals surface area contributed by atoms with Gasteiger partial charge in [0.1, 0.15) is 17.9 Å². The number of amides is 1. The fourth-order valence-electron chi connectivity index (χ4n) is 3.58. The smallest absolute Gasteiger partial charge is 0.256 e. The van der Waals surface area contributed by atoms with Crippen LogP contribution in [0.25, 0.3) is 22.5 Å². The Morgan fingerprint density at radius 2 is 1.82 bits per heavy atom. The average molecular weight is 474 g/mol. The van der Waals surface area contributed by atoms with Crippen molar-refractivity contribution in [2.75, 3.05) is 11.9 Å². The molecule has 10 heteroatoms. The maximum absolute atomic E-state index is 12.9. The number of carbonyl (C=O) groups is 1. The third kappa shape index (κ3) is 4.08. The van der Waals surface area contributed by atoms with Gasteiger partial charge in [0.05, 0.1) is 29.6 Å². The maximum Gasteiger partial charge on any atom is 0.256 e. The number of nitrogens with zero attached hydrogens (tertiary/aromatic N) is 6. The van der Waals surface area contributed by atoms with Crippen LogP contribution in [0, 0.1) is 6.92 Å². The van der Waals surface area contributed by atoms with E-state index in [4.69, 9.17) is 16.3 Å². The summed E-state index contributed by atoms with van der Waals surface area (Å²) in [6.45, 7) is 4.32. The molecule has 34 heavy (non-hydrogen) atoms. The molecule has 0 aliphatic carbocycles. The van der Waals surface area contributed by atoms with Crippen molar-refractivity contribution in [1.82, 2.24) is 29.5 Å². The molecule has 3 heterocycles. The van der Waals surface area contributed by atoms with E-state index in [2.05, 4.69) is 25.5 Å². The summed E-state index contributed by atoms with van der Waals surface area (Å²) >= 11 is 6.02. The van der Waals surface area contributed by atoms with E-state index in [0.717, 1.165) is 11.4 Å². The number of carbonyl (C=O) groups excluding carboxylic acids is 1. The molecule has 170 valence electrons. The Morgan fingerprint density at radius 1 is 1.06 bits per heavy atom. The molecule has 2 aromatic carbocycles. The van der Waals surface area contributed by atoms with Gasteiger partial charge in [0.25, 0.3) is 5.91 Å². The molecule has 0 atom stereocenters. The van der Waals surface area contributed by atoms with Crippen LogP contribution in [-0.2, 0) is 0 Å². The van der Waals surface area contributed by atoms with Gasteiger partial charge in [-0.25, -0.2) is 14.6 Å². The summed E-state index contributed by atoms with van der Waals surface area (Å²) in [5.41, 5.74) is 2.63. The highest BCUT2D eigenvalue weighted by molar-refractivity contribution is 6.30. The van der Waals surface area contributed by atoms with Gasteiger partial charge in [0.2, 0.25) is 0 Å². The predicted octanol–water partition coefficient (Wildman–Crippen LogP) is 4.61. The molecule has 0 aliphatic heterocycles. The Labute approximate surface area is 200 Å². The van der Waals surface area contributed by atoms with Crippen LogP contribution < -0.4 is 10.1 Å². The van der Waals surface area contributed by atoms with Crippen molar-refractivity contribution in [2.45, 2.75) is 13.8 Å². The summed E-state index contributed by atoms with van der Waals surface area (Å²) < 4.78 is 8.73. The first kappa shape index (κ1) is 21.6. The van der Waals surface area contributed by atoms with Crippen molar-refractivity contribution in [2.24, 2.45) is 0 Å². The number of benzene rings is 2. The van der Waals surface area contributed by atoms with Gasteiger partial charge in [-0.3, -0.25) is 4.79 Å². The quantitative estimate of drug-likeness (QED) is 0.386. The van der Waals surface area contributed by atoms with Crippen molar-refractivity contribution >= 4 is 34.4 Å². The van der Waals surface area contributed by atoms with E-state index in [0.29, 0.717) is 45.6 Å². The summed E-state index contributed by atoms with van der Waals surface area (Å²) in [4.78, 5) is 21.7. The second-order valence-electron chi connectivity index (χ2n) is 7.46. The standard InChI is InChI=1S/C24H20ClN7O2/c1-3-34-19-10-4-16(5-11-19)24(33)29-21-12-15(2)30-32(21)23-20-13-28-31(22(20)26-14-27-23)18-8-6-17(25)7-9-18/h4-14H,3H2,1-2H3,(H,29,33). The number of halogens is 1. The lowest BCUT2D eigenvalue weighted by Crippen LogP contribution is -2.15. The molecule has 0 bridgehead atoms. The Hall–Kier alpha value is -4.24. The summed E-state index contributed by atoms with van der Waals surface area (Å²) in [5.74, 6) is 1.42. The molecule has 9 nitrogen and oxygen atoms in total. The molecule has 5 rings (SSSR count). The number of hydrogen-bond donors (Lipinski definition) is 1. The van der Waals surface area contributed by atoms with Gasteiger partial charge in [-0.2, -0.15) is 14.9 Å². The van der Waals surface area contributed by atoms with Gasteiger partial charge in [0.15, 0.2) is 11.5 Å². The SMILES string of the molecule is CCOc1ccc(C(=O)Nc2cc(C)nn2-c2ncnc3c2cnn3-c2ccc(Cl)cc2)cc1. The highest BCUT2D eigenvalue weighted by Crippen LogP contribution is 2.25. The summed E-state index contributed by atoms with van der Waals surface area (Å²) in [5, 5.41) is 13.3. The molecule has 0 saturated heterocycles. The van der Waals surface area contributed by atoms with Crippen LogP contribution in [-0.4, -0.2) is 42.0 Å². The molecular formula is C24H20ClN7O2. The van der Waals surface area contributed by atoms with Crippen molar-refractivity contribution in [3.8, 4) is 17.3 Å². The minimum Gasteiger partial charge on any atom is -0.494 e. The van der Waals surface area contributed by atoms with Gasteiger partial charge in [-0.1, -0.05) is 11.6 Å². The van der Waals surface area contributed by atoms with Gasteiger partial charge >= 0.3 is 0 Å². The van der Waals surface area contributed by atoms with Gasteiger partial charge in [-0.05, 0) is 62.4 Å². The van der Waals surface area contributed by atoms with E-state index in [9.17, 15) is 4.79 Å². The number of aromatic nitrogens is 6. The topological polar surface area (TPSA) is 99.8 Å². The van der Waals surface area contributed by atoms with Crippen molar-refractivity contribution in [3.05, 3.63) is 83.4 Å². The van der Waals surface area contributed by atoms with Crippen molar-refractivity contribution < 1.29 is 9.53 Å². The van der Waals surface area contributed by atoms with Crippen LogP contribution in [0.15, 0.2) is 67.1 Å². The van der Waals surface area contributed by atoms with E-state index in [-0.39, 0.29) is 5.91 Å². The Balaban J connectivity index is 1.50. The molecular weight excluding hydrogens is 454 g/mol. The minimum absolute atomic E-state index is 0.272. The maximum atomic E-state index is 12.9. The number of fused-ring (bicyclic) bond motifs is 1. The van der Waals surface area contributed by atoms with Crippen LogP contribution in [0.5, 0.6) is 5.75 Å². The molecule has 0 spiro atoms. The zero-order valence-corrected chi connectivity index (χ0v) is 19.2. The highest BCUT2D eigenvalue weighted by atomic mass is 35.5. The molecule has 0 aliphatic rings. The monoisotopic (exact) mass is 473 g/mol. The number of ether oxygens (including phenoxy) is 1. The first-order valence-corrected chi connectivity index (χ1v) is 11.0. The van der Waals surface area contributed by atoms with Crippen molar-refractivity contribution in [1.29, 1.82) is 0 Å². The molecule has 0 fully saturated rings. The normalized spacial score (nSPS) is 11.0. The number of anilines is 1. The average Bonchev–Trinajstić information content (AvgIpc) is 3.43. The number of aryl methyl sites for hydroxylation is 1. The van der Waals surface area contributed by atoms with E-state index in [1.807, 2.05) is 26.0 Å². The van der Waals surface area contributed by atoms with Crippen LogP contribution in [0.4, 0.5) is 5.82 Å². The molecule has 1 N–H and O–H groups in total. The molecule has 0 saturated carbocycles. The zero-order valence-electron chi connectivity index (χ0n) is 18.4. The number of nitrogens with one attached hydrogen (secondary N) is 1. The van der Waals surface area contributed by atoms with E-state index in [1.165, 1.54) is 6.33 Å². The lowest BCUT2D eigenvalue weighted by atomic mass is 10.2. The lowest BCUT2D eigenvalue weighted by molar-refractivity contribution is 0.102. The fraction of sp³-hybridized carbons (Fsp3) is 0.125. The summed E-state index contributed by atoms with van der Waals surface area (Å²) in [6, 6.07) is 16.0. The first-order chi connectivity index (χ1) is 16.5. The summed E-state index contributed by atoms with van der Waals surface area (Å²) in [6.07, 6.45) is 3.12. The Kier molecular flexibility index (Phi) is 5.69. The third-order valence-corrected chi connectivity index (χ3v) is 5.37. The second-order valence-corrected chi connectivity index (χ2v) is 7.90. The number of rotatable bonds is 6. The summed E-state index contributed by atoms with van der Waals surface area (Å²) in [7, 11) is 0. The third-order valence-electron chi connectivity index (χ3n) is 5.12. The number of hydrogen-bond acceptors (Lipinski definition) is 6. The van der Waals surface area contributed by atoms with E-state index < -0.39 is 0 Å². The fourth-order valence-corrected chi connectivity index (χ4v) is 3.71. The van der Waals surface area contributed by atoms with E-state index in [1.54, 1.807) is 58.0 Å². The van der Waals surface area contributed by atoms with Gasteiger partial charge in [-0.15, -0.1) is 0 Å². The first-order valence-electron chi connectivity index (χ1n) is 10.6. The Morgan fingerprint density at radius 3 is 2.56 bits per heavy atom. The molecule has 5 aromatic rings. The van der Waals surface area contributed by atoms with Gasteiger partial charge in [0, 0.05) is 16.7 Å². The van der Waals surface area contributed by atoms with Crippen LogP contribution >= 0.6 is 11.6 Å². The van der Waals surface area contributed by atoms with Crippen LogP contribution in [0.3, 0.4) is 0 Å². The molecule has 0 radical (unpaired) electrons. The lowest BCUT2D eigenvalue weighted by Gasteiger charge is -2.10. The van der Waals surface area contributed by atoms with E-state index >= 15 is 0 Å². The second kappa shape index (κ2) is 8.95. The van der Waals surface area contributed by atoms with Crippen LogP contribution in [0.2, 0.25) is 5.02 Å². The molecule has 1 amide bonds.